The molecule has 10 heteroatoms. The molecule has 45 heavy (non-hydrogen) atoms. The minimum atomic E-state index is -1.42. The summed E-state index contributed by atoms with van der Waals surface area (Å²) in [6.45, 7) is 4.66. The first-order valence-electron chi connectivity index (χ1n) is 16.5. The van der Waals surface area contributed by atoms with Crippen LogP contribution in [0.25, 0.3) is 0 Å². The molecule has 1 saturated heterocycles. The molecule has 0 unspecified atom stereocenters. The Bertz CT molecular complexity index is 1240. The van der Waals surface area contributed by atoms with Crippen LogP contribution in [-0.4, -0.2) is 61.8 Å². The molecule has 1 aromatic carbocycles. The standard InChI is InChI=1S/C18H33NO2.C17H17ClO6/c1-2-3-4-5-6-7-8-9-11-14-17(20)19-16-13-10-12-15-18(19)21;1-8-5-9(19)6-12(23-4)17(8)16(20)13-10(21-2)7-11(22-3)14(18)15(13)24-17/h2-16H2,1H3;6-8H,5H2,1-4H3/t;8-,17+/m.1/s1. The van der Waals surface area contributed by atoms with Gasteiger partial charge in [-0.2, -0.15) is 0 Å². The summed E-state index contributed by atoms with van der Waals surface area (Å²) in [6.07, 6.45) is 16.9. The van der Waals surface area contributed by atoms with Crippen molar-refractivity contribution in [2.75, 3.05) is 27.9 Å². The maximum atomic E-state index is 13.3. The van der Waals surface area contributed by atoms with Gasteiger partial charge in [0.1, 0.15) is 22.1 Å². The van der Waals surface area contributed by atoms with E-state index in [9.17, 15) is 19.2 Å². The summed E-state index contributed by atoms with van der Waals surface area (Å²) in [6, 6.07) is 1.54. The van der Waals surface area contributed by atoms with Gasteiger partial charge in [-0.1, -0.05) is 83.2 Å². The third kappa shape index (κ3) is 8.60. The average molecular weight is 648 g/mol. The van der Waals surface area contributed by atoms with Crippen molar-refractivity contribution in [2.24, 2.45) is 5.92 Å². The summed E-state index contributed by atoms with van der Waals surface area (Å²) in [4.78, 5) is 50.5. The van der Waals surface area contributed by atoms with E-state index in [-0.39, 0.29) is 51.9 Å². The topological polar surface area (TPSA) is 108 Å². The number of carbonyl (C=O) groups is 4. The van der Waals surface area contributed by atoms with Crippen LogP contribution in [0.2, 0.25) is 5.02 Å². The van der Waals surface area contributed by atoms with E-state index in [0.717, 1.165) is 32.1 Å². The number of likely N-dealkylation sites (tertiary alicyclic amines) is 1. The molecule has 0 bridgehead atoms. The van der Waals surface area contributed by atoms with Gasteiger partial charge in [0.2, 0.25) is 23.2 Å². The Morgan fingerprint density at radius 3 is 2.20 bits per heavy atom. The van der Waals surface area contributed by atoms with Gasteiger partial charge in [-0.05, 0) is 19.3 Å². The number of allylic oxidation sites excluding steroid dienone is 1. The second-order valence-corrected chi connectivity index (χ2v) is 12.5. The summed E-state index contributed by atoms with van der Waals surface area (Å²) in [5.41, 5.74) is -1.19. The lowest BCUT2D eigenvalue weighted by Crippen LogP contribution is -2.51. The highest BCUT2D eigenvalue weighted by atomic mass is 35.5. The number of imide groups is 1. The normalized spacial score (nSPS) is 20.9. The number of halogens is 1. The van der Waals surface area contributed by atoms with E-state index in [2.05, 4.69) is 6.92 Å². The number of benzene rings is 1. The fourth-order valence-corrected chi connectivity index (χ4v) is 6.53. The third-order valence-corrected chi connectivity index (χ3v) is 9.22. The summed E-state index contributed by atoms with van der Waals surface area (Å²) in [5, 5.41) is 0.179. The molecular formula is C35H50ClNO8. The number of ketones is 2. The Hall–Kier alpha value is -3.07. The molecule has 2 atom stereocenters. The van der Waals surface area contributed by atoms with Crippen molar-refractivity contribution >= 4 is 35.0 Å². The molecule has 1 aromatic rings. The molecule has 9 nitrogen and oxygen atoms in total. The smallest absolute Gasteiger partial charge is 0.231 e. The van der Waals surface area contributed by atoms with Crippen molar-refractivity contribution in [2.45, 2.75) is 116 Å². The number of unbranched alkanes of at least 4 members (excludes halogenated alkanes) is 8. The highest BCUT2D eigenvalue weighted by Gasteiger charge is 2.59. The largest absolute Gasteiger partial charge is 0.496 e. The van der Waals surface area contributed by atoms with Gasteiger partial charge >= 0.3 is 0 Å². The van der Waals surface area contributed by atoms with E-state index >= 15 is 0 Å². The minimum absolute atomic E-state index is 0.0495. The number of hydrogen-bond acceptors (Lipinski definition) is 8. The van der Waals surface area contributed by atoms with Crippen LogP contribution in [0.5, 0.6) is 17.2 Å². The number of fused-ring (bicyclic) bond motifs is 1. The second kappa shape index (κ2) is 17.6. The number of carbonyl (C=O) groups excluding carboxylic acids is 4. The van der Waals surface area contributed by atoms with E-state index in [0.29, 0.717) is 30.9 Å². The molecule has 1 spiro atoms. The number of methoxy groups -OCH3 is 3. The quantitative estimate of drug-likeness (QED) is 0.201. The lowest BCUT2D eigenvalue weighted by Gasteiger charge is -2.36. The Labute approximate surface area is 272 Å². The number of hydrogen-bond donors (Lipinski definition) is 0. The number of Topliss-reactive ketones (excluding diaryl/α,β-unsaturated/α-hetero) is 1. The van der Waals surface area contributed by atoms with Gasteiger partial charge in [0, 0.05) is 43.9 Å². The van der Waals surface area contributed by atoms with Crippen LogP contribution in [0.15, 0.2) is 17.9 Å². The zero-order valence-corrected chi connectivity index (χ0v) is 28.4. The highest BCUT2D eigenvalue weighted by Crippen LogP contribution is 2.54. The first kappa shape index (κ1) is 36.4. The Morgan fingerprint density at radius 1 is 0.933 bits per heavy atom. The SMILES string of the molecule is CCCCCCCCCCCC(=O)N1CCCCCC1=O.COC1=CC(=O)C[C@@H](C)[C@]12Oc1c(Cl)c(OC)cc(OC)c1C2=O. The van der Waals surface area contributed by atoms with Crippen LogP contribution in [0.4, 0.5) is 0 Å². The van der Waals surface area contributed by atoms with Gasteiger partial charge in [0.05, 0.1) is 21.3 Å². The second-order valence-electron chi connectivity index (χ2n) is 12.1. The molecule has 0 radical (unpaired) electrons. The molecular weight excluding hydrogens is 598 g/mol. The van der Waals surface area contributed by atoms with Gasteiger partial charge in [0.25, 0.3) is 0 Å². The summed E-state index contributed by atoms with van der Waals surface area (Å²) in [7, 11) is 4.31. The van der Waals surface area contributed by atoms with Crippen molar-refractivity contribution in [3.63, 3.8) is 0 Å². The average Bonchev–Trinajstić information content (AvgIpc) is 3.17. The summed E-state index contributed by atoms with van der Waals surface area (Å²) < 4.78 is 21.9. The van der Waals surface area contributed by atoms with Gasteiger partial charge in [0.15, 0.2) is 17.3 Å². The van der Waals surface area contributed by atoms with Crippen LogP contribution in [0, 0.1) is 5.92 Å². The van der Waals surface area contributed by atoms with Crippen LogP contribution in [-0.2, 0) is 19.1 Å². The Balaban J connectivity index is 0.000000248. The molecule has 0 N–H and O–H groups in total. The van der Waals surface area contributed by atoms with E-state index < -0.39 is 11.5 Å². The zero-order chi connectivity index (χ0) is 33.0. The fraction of sp³-hybridized carbons (Fsp3) is 0.657. The first-order chi connectivity index (χ1) is 21.7. The van der Waals surface area contributed by atoms with Crippen molar-refractivity contribution in [3.05, 3.63) is 28.5 Å². The number of ether oxygens (including phenoxy) is 4. The predicted octanol–water partition coefficient (Wildman–Crippen LogP) is 7.65. The van der Waals surface area contributed by atoms with Crippen molar-refractivity contribution < 1.29 is 38.1 Å². The van der Waals surface area contributed by atoms with Gasteiger partial charge < -0.3 is 18.9 Å². The minimum Gasteiger partial charge on any atom is -0.496 e. The van der Waals surface area contributed by atoms with E-state index in [1.165, 1.54) is 83.3 Å². The number of rotatable bonds is 13. The van der Waals surface area contributed by atoms with Crippen LogP contribution < -0.4 is 14.2 Å². The summed E-state index contributed by atoms with van der Waals surface area (Å²) >= 11 is 6.33. The first-order valence-corrected chi connectivity index (χ1v) is 16.8. The van der Waals surface area contributed by atoms with E-state index in [1.807, 2.05) is 0 Å². The van der Waals surface area contributed by atoms with Crippen LogP contribution in [0.1, 0.15) is 121 Å². The predicted molar refractivity (Wildman–Crippen MR) is 173 cm³/mol. The summed E-state index contributed by atoms with van der Waals surface area (Å²) in [5.74, 6) is 0.216. The van der Waals surface area contributed by atoms with E-state index in [4.69, 9.17) is 30.5 Å². The molecule has 2 aliphatic heterocycles. The third-order valence-electron chi connectivity index (χ3n) is 8.87. The number of amides is 2. The van der Waals surface area contributed by atoms with Crippen molar-refractivity contribution in [1.29, 1.82) is 0 Å². The molecule has 0 aromatic heterocycles. The molecule has 1 aliphatic carbocycles. The Kier molecular flexibility index (Phi) is 14.2. The lowest BCUT2D eigenvalue weighted by molar-refractivity contribution is -0.144. The lowest BCUT2D eigenvalue weighted by atomic mass is 9.75. The van der Waals surface area contributed by atoms with Crippen LogP contribution in [0.3, 0.4) is 0 Å². The maximum Gasteiger partial charge on any atom is 0.231 e. The molecule has 2 amide bonds. The molecule has 1 fully saturated rings. The maximum absolute atomic E-state index is 13.3. The molecule has 2 heterocycles. The number of nitrogens with zero attached hydrogens (tertiary/aromatic N) is 1. The van der Waals surface area contributed by atoms with E-state index in [1.54, 1.807) is 6.92 Å². The Morgan fingerprint density at radius 2 is 1.58 bits per heavy atom. The van der Waals surface area contributed by atoms with Crippen molar-refractivity contribution in [3.8, 4) is 17.2 Å². The van der Waals surface area contributed by atoms with Crippen LogP contribution >= 0.6 is 11.6 Å². The molecule has 3 aliphatic rings. The molecule has 4 rings (SSSR count). The zero-order valence-electron chi connectivity index (χ0n) is 27.6. The molecule has 250 valence electrons. The van der Waals surface area contributed by atoms with Gasteiger partial charge in [-0.25, -0.2) is 0 Å². The fourth-order valence-electron chi connectivity index (χ4n) is 6.27. The van der Waals surface area contributed by atoms with Crippen molar-refractivity contribution in [1.82, 2.24) is 4.90 Å². The van der Waals surface area contributed by atoms with Gasteiger partial charge in [-0.15, -0.1) is 0 Å². The van der Waals surface area contributed by atoms with Gasteiger partial charge in [-0.3, -0.25) is 24.1 Å². The highest BCUT2D eigenvalue weighted by molar-refractivity contribution is 6.35. The monoisotopic (exact) mass is 647 g/mol. The molecule has 0 saturated carbocycles.